The molecule has 0 saturated heterocycles. The zero-order valence-electron chi connectivity index (χ0n) is 10.0. The van der Waals surface area contributed by atoms with Crippen LogP contribution in [0.5, 0.6) is 0 Å². The Morgan fingerprint density at radius 1 is 1.06 bits per heavy atom. The predicted octanol–water partition coefficient (Wildman–Crippen LogP) is -1.74. The lowest BCUT2D eigenvalue weighted by atomic mass is 10.1. The molecule has 0 aromatic heterocycles. The molecule has 0 aliphatic heterocycles. The highest BCUT2D eigenvalue weighted by Gasteiger charge is 2.22. The first-order valence-corrected chi connectivity index (χ1v) is 5.18. The summed E-state index contributed by atoms with van der Waals surface area (Å²) in [6, 6.07) is 0. The van der Waals surface area contributed by atoms with E-state index in [1.54, 1.807) is 12.2 Å². The van der Waals surface area contributed by atoms with Crippen LogP contribution in [-0.2, 0) is 4.79 Å². The normalized spacial score (nSPS) is 16.1. The molecule has 0 rings (SSSR count). The van der Waals surface area contributed by atoms with Crippen LogP contribution in [-0.4, -0.2) is 68.1 Å². The molecule has 0 spiro atoms. The first-order chi connectivity index (χ1) is 8.40. The summed E-state index contributed by atoms with van der Waals surface area (Å²) in [6.07, 6.45) is 1.69. The van der Waals surface area contributed by atoms with Crippen LogP contribution >= 0.6 is 0 Å². The summed E-state index contributed by atoms with van der Waals surface area (Å²) in [7, 11) is 0. The van der Waals surface area contributed by atoms with E-state index < -0.39 is 37.5 Å². The molecule has 0 bridgehead atoms. The Balaban J connectivity index is 0. The summed E-state index contributed by atoms with van der Waals surface area (Å²) in [4.78, 5) is 9.75. The smallest absolute Gasteiger partial charge is 0.328 e. The summed E-state index contributed by atoms with van der Waals surface area (Å²) in [5.74, 6) is -0.914. The minimum atomic E-state index is -1.49. The van der Waals surface area contributed by atoms with Gasteiger partial charge in [-0.3, -0.25) is 0 Å². The fourth-order valence-electron chi connectivity index (χ4n) is 0.721. The average Bonchev–Trinajstić information content (AvgIpc) is 2.36. The van der Waals surface area contributed by atoms with E-state index in [-0.39, 0.29) is 0 Å². The number of allylic oxidation sites excluding steroid dienone is 3. The molecule has 0 amide bonds. The second kappa shape index (κ2) is 12.2. The highest BCUT2D eigenvalue weighted by molar-refractivity contribution is 5.80. The summed E-state index contributed by atoms with van der Waals surface area (Å²) in [5.41, 5.74) is 0. The number of aliphatic hydroxyl groups is 5. The van der Waals surface area contributed by atoms with Crippen molar-refractivity contribution in [1.82, 2.24) is 0 Å². The topological polar surface area (TPSA) is 138 Å². The molecule has 106 valence electrons. The summed E-state index contributed by atoms with van der Waals surface area (Å²) < 4.78 is 0. The number of carbonyl (C=O) groups is 1. The third-order valence-corrected chi connectivity index (χ3v) is 1.70. The highest BCUT2D eigenvalue weighted by atomic mass is 16.4. The predicted molar refractivity (Wildman–Crippen MR) is 63.8 cm³/mol. The summed E-state index contributed by atoms with van der Waals surface area (Å²) in [6.45, 7) is 0.544. The van der Waals surface area contributed by atoms with Crippen molar-refractivity contribution in [3.8, 4) is 0 Å². The van der Waals surface area contributed by atoms with Crippen LogP contribution < -0.4 is 0 Å². The minimum Gasteiger partial charge on any atom is -0.478 e. The lowest BCUT2D eigenvalue weighted by Gasteiger charge is -2.19. The molecule has 2 atom stereocenters. The number of aliphatic hydroxyl groups excluding tert-OH is 5. The van der Waals surface area contributed by atoms with Gasteiger partial charge in [-0.1, -0.05) is 18.2 Å². The van der Waals surface area contributed by atoms with Crippen molar-refractivity contribution in [2.24, 2.45) is 0 Å². The largest absolute Gasteiger partial charge is 0.478 e. The zero-order valence-corrected chi connectivity index (χ0v) is 10.0. The lowest BCUT2D eigenvalue weighted by molar-refractivity contribution is -0.131. The molecule has 6 N–H and O–H groups in total. The van der Waals surface area contributed by atoms with Gasteiger partial charge in [0, 0.05) is 6.08 Å². The second-order valence-electron chi connectivity index (χ2n) is 3.21. The van der Waals surface area contributed by atoms with Crippen LogP contribution in [0.1, 0.15) is 6.92 Å². The fraction of sp³-hybridized carbons (Fsp3) is 0.545. The zero-order chi connectivity index (χ0) is 14.6. The fourth-order valence-corrected chi connectivity index (χ4v) is 0.721. The quantitative estimate of drug-likeness (QED) is 0.247. The van der Waals surface area contributed by atoms with Crippen LogP contribution in [0.2, 0.25) is 0 Å². The number of carboxylic acids is 1. The third kappa shape index (κ3) is 11.2. The van der Waals surface area contributed by atoms with E-state index in [9.17, 15) is 4.79 Å². The second-order valence-corrected chi connectivity index (χ2v) is 3.21. The van der Waals surface area contributed by atoms with Gasteiger partial charge in [-0.05, 0) is 6.92 Å². The first kappa shape index (κ1) is 19.1. The molecule has 0 aliphatic carbocycles. The SMILES string of the molecule is C/C=C/C=C/C(=O)O.OCC(O)C(O)C(O)CO. The third-order valence-electron chi connectivity index (χ3n) is 1.70. The molecule has 0 radical (unpaired) electrons. The number of hydrogen-bond acceptors (Lipinski definition) is 6. The van der Waals surface area contributed by atoms with Crippen molar-refractivity contribution in [3.63, 3.8) is 0 Å². The van der Waals surface area contributed by atoms with Crippen molar-refractivity contribution in [2.45, 2.75) is 25.2 Å². The monoisotopic (exact) mass is 264 g/mol. The lowest BCUT2D eigenvalue weighted by Crippen LogP contribution is -2.41. The van der Waals surface area contributed by atoms with Crippen molar-refractivity contribution >= 4 is 5.97 Å². The van der Waals surface area contributed by atoms with Crippen LogP contribution in [0.15, 0.2) is 24.3 Å². The van der Waals surface area contributed by atoms with E-state index in [0.717, 1.165) is 6.08 Å². The Labute approximate surface area is 105 Å². The minimum absolute atomic E-state index is 0.641. The van der Waals surface area contributed by atoms with E-state index in [2.05, 4.69) is 0 Å². The van der Waals surface area contributed by atoms with Gasteiger partial charge in [-0.15, -0.1) is 0 Å². The van der Waals surface area contributed by atoms with E-state index in [1.807, 2.05) is 6.92 Å². The first-order valence-electron chi connectivity index (χ1n) is 5.18. The molecule has 0 saturated carbocycles. The number of hydrogen-bond donors (Lipinski definition) is 6. The van der Waals surface area contributed by atoms with Gasteiger partial charge in [-0.2, -0.15) is 0 Å². The average molecular weight is 264 g/mol. The molecule has 0 heterocycles. The van der Waals surface area contributed by atoms with Crippen molar-refractivity contribution in [1.29, 1.82) is 0 Å². The van der Waals surface area contributed by atoms with Gasteiger partial charge < -0.3 is 30.6 Å². The van der Waals surface area contributed by atoms with E-state index >= 15 is 0 Å². The van der Waals surface area contributed by atoms with Gasteiger partial charge in [0.2, 0.25) is 0 Å². The van der Waals surface area contributed by atoms with Crippen molar-refractivity contribution in [3.05, 3.63) is 24.3 Å². The number of rotatable bonds is 6. The molecular formula is C11H20O7. The molecular weight excluding hydrogens is 244 g/mol. The van der Waals surface area contributed by atoms with Crippen LogP contribution in [0, 0.1) is 0 Å². The maximum atomic E-state index is 9.75. The Hall–Kier alpha value is -1.25. The van der Waals surface area contributed by atoms with Gasteiger partial charge in [-0.25, -0.2) is 4.79 Å². The number of carboxylic acid groups (broad SMARTS) is 1. The van der Waals surface area contributed by atoms with Gasteiger partial charge in [0.1, 0.15) is 18.3 Å². The van der Waals surface area contributed by atoms with E-state index in [4.69, 9.17) is 30.6 Å². The van der Waals surface area contributed by atoms with Crippen LogP contribution in [0.3, 0.4) is 0 Å². The van der Waals surface area contributed by atoms with Gasteiger partial charge in [0.05, 0.1) is 13.2 Å². The molecule has 0 aromatic carbocycles. The van der Waals surface area contributed by atoms with Crippen molar-refractivity contribution < 1.29 is 35.4 Å². The molecule has 0 aromatic rings. The summed E-state index contributed by atoms with van der Waals surface area (Å²) in [5, 5.41) is 50.6. The van der Waals surface area contributed by atoms with Gasteiger partial charge >= 0.3 is 5.97 Å². The molecule has 7 heteroatoms. The molecule has 18 heavy (non-hydrogen) atoms. The Morgan fingerprint density at radius 3 is 1.78 bits per heavy atom. The Bertz CT molecular complexity index is 252. The van der Waals surface area contributed by atoms with E-state index in [0.29, 0.717) is 0 Å². The van der Waals surface area contributed by atoms with Gasteiger partial charge in [0.15, 0.2) is 0 Å². The van der Waals surface area contributed by atoms with Gasteiger partial charge in [0.25, 0.3) is 0 Å². The molecule has 2 unspecified atom stereocenters. The molecule has 0 fully saturated rings. The highest BCUT2D eigenvalue weighted by Crippen LogP contribution is 1.98. The van der Waals surface area contributed by atoms with Crippen LogP contribution in [0.25, 0.3) is 0 Å². The van der Waals surface area contributed by atoms with Crippen molar-refractivity contribution in [2.75, 3.05) is 13.2 Å². The summed E-state index contributed by atoms with van der Waals surface area (Å²) >= 11 is 0. The Kier molecular flexibility index (Phi) is 13.0. The van der Waals surface area contributed by atoms with Crippen LogP contribution in [0.4, 0.5) is 0 Å². The van der Waals surface area contributed by atoms with E-state index in [1.165, 1.54) is 6.08 Å². The number of aliphatic carboxylic acids is 1. The Morgan fingerprint density at radius 2 is 1.50 bits per heavy atom. The molecule has 0 aliphatic rings. The maximum absolute atomic E-state index is 9.75. The standard InChI is InChI=1S/C6H8O2.C5H12O5/c1-2-3-4-5-6(7)8;6-1-3(8)5(10)4(9)2-7/h2-5H,1H3,(H,7,8);3-10H,1-2H2/b3-2+,5-4+;. The maximum Gasteiger partial charge on any atom is 0.328 e. The molecule has 7 nitrogen and oxygen atoms in total.